The fraction of sp³-hybridized carbons (Fsp3) is 0.231. The summed E-state index contributed by atoms with van der Waals surface area (Å²) >= 11 is 13.5. The fourth-order valence-corrected chi connectivity index (χ4v) is 10.1. The highest BCUT2D eigenvalue weighted by Crippen LogP contribution is 2.65. The van der Waals surface area contributed by atoms with Crippen molar-refractivity contribution >= 4 is 84.2 Å². The molecular formula is C39H28Br2ClFN4O8. The van der Waals surface area contributed by atoms with Gasteiger partial charge in [-0.2, -0.15) is 5.01 Å². The number of nitrogens with zero attached hydrogens (tertiary/aromatic N) is 3. The van der Waals surface area contributed by atoms with Crippen molar-refractivity contribution in [2.24, 2.45) is 23.7 Å². The van der Waals surface area contributed by atoms with Gasteiger partial charge in [0.15, 0.2) is 11.5 Å². The molecule has 16 heteroatoms. The number of methoxy groups -OCH3 is 1. The number of nitro groups is 1. The van der Waals surface area contributed by atoms with Crippen LogP contribution in [0.25, 0.3) is 0 Å². The number of benzene rings is 4. The standard InChI is InChI=1S/C39H28Br2ClFN4O8/c1-55-29-17-27(32(40)33(41)34(29)48)31-24-13-14-25-30(37(51)45(35(25)49)22-3-2-4-23(15-22)47(53)54)26(24)16-28-36(50)46(44-21-11-9-20(43)10-12-21)38(52)39(28,31)18-5-7-19(42)8-6-18/h2-13,15,17,25-26,28,30-31,44,48H,14,16H2,1H3/t25-,26+,28-,30-,31+,39+/m0/s1. The molecule has 0 aromatic heterocycles. The smallest absolute Gasteiger partial charge is 0.271 e. The number of phenols is 1. The van der Waals surface area contributed by atoms with Crippen LogP contribution in [0.1, 0.15) is 29.9 Å². The first-order valence-corrected chi connectivity index (χ1v) is 19.0. The van der Waals surface area contributed by atoms with Crippen molar-refractivity contribution in [2.45, 2.75) is 24.2 Å². The second kappa shape index (κ2) is 13.6. The van der Waals surface area contributed by atoms with Gasteiger partial charge in [0.25, 0.3) is 17.5 Å². The Morgan fingerprint density at radius 1 is 0.964 bits per heavy atom. The molecule has 6 atom stereocenters. The molecule has 8 rings (SSSR count). The minimum absolute atomic E-state index is 0.0336. The second-order valence-corrected chi connectivity index (χ2v) is 15.8. The topological polar surface area (TPSA) is 159 Å². The van der Waals surface area contributed by atoms with Crippen LogP contribution in [-0.2, 0) is 24.6 Å². The Kier molecular flexibility index (Phi) is 9.09. The summed E-state index contributed by atoms with van der Waals surface area (Å²) in [7, 11) is 1.37. The molecule has 0 bridgehead atoms. The Morgan fingerprint density at radius 3 is 2.35 bits per heavy atom. The average molecular weight is 895 g/mol. The van der Waals surface area contributed by atoms with Crippen LogP contribution >= 0.6 is 43.5 Å². The Balaban J connectivity index is 1.36. The first-order chi connectivity index (χ1) is 26.3. The molecular weight excluding hydrogens is 867 g/mol. The number of nitrogens with one attached hydrogen (secondary N) is 1. The Morgan fingerprint density at radius 2 is 1.67 bits per heavy atom. The van der Waals surface area contributed by atoms with Gasteiger partial charge >= 0.3 is 0 Å². The van der Waals surface area contributed by atoms with Crippen molar-refractivity contribution in [3.05, 3.63) is 132 Å². The summed E-state index contributed by atoms with van der Waals surface area (Å²) in [6.45, 7) is 0. The number of rotatable bonds is 7. The van der Waals surface area contributed by atoms with E-state index in [0.717, 1.165) is 9.91 Å². The third kappa shape index (κ3) is 5.49. The molecule has 2 aliphatic carbocycles. The van der Waals surface area contributed by atoms with Gasteiger partial charge in [-0.3, -0.25) is 34.7 Å². The van der Waals surface area contributed by atoms with Gasteiger partial charge in [-0.25, -0.2) is 9.29 Å². The van der Waals surface area contributed by atoms with E-state index in [1.165, 1.54) is 55.6 Å². The van der Waals surface area contributed by atoms with Crippen LogP contribution in [0.5, 0.6) is 11.5 Å². The van der Waals surface area contributed by atoms with Crippen LogP contribution in [-0.4, -0.2) is 45.8 Å². The third-order valence-corrected chi connectivity index (χ3v) is 13.7. The van der Waals surface area contributed by atoms with Gasteiger partial charge in [0.05, 0.1) is 51.0 Å². The number of halogens is 4. The molecule has 2 N–H and O–H groups in total. The van der Waals surface area contributed by atoms with Crippen LogP contribution in [0.3, 0.4) is 0 Å². The van der Waals surface area contributed by atoms with E-state index in [-0.39, 0.29) is 45.9 Å². The lowest BCUT2D eigenvalue weighted by molar-refractivity contribution is -0.384. The number of hydrogen-bond acceptors (Lipinski definition) is 9. The number of anilines is 2. The molecule has 12 nitrogen and oxygen atoms in total. The summed E-state index contributed by atoms with van der Waals surface area (Å²) in [4.78, 5) is 70.9. The predicted molar refractivity (Wildman–Crippen MR) is 205 cm³/mol. The van der Waals surface area contributed by atoms with Gasteiger partial charge < -0.3 is 9.84 Å². The van der Waals surface area contributed by atoms with Crippen molar-refractivity contribution < 1.29 is 38.3 Å². The number of phenolic OH excluding ortho intramolecular Hbond substituents is 1. The van der Waals surface area contributed by atoms with Gasteiger partial charge in [0.2, 0.25) is 11.8 Å². The number of amides is 4. The third-order valence-electron chi connectivity index (χ3n) is 11.3. The monoisotopic (exact) mass is 892 g/mol. The Hall–Kier alpha value is -5.12. The number of carbonyl (C=O) groups excluding carboxylic acids is 4. The maximum atomic E-state index is 15.4. The zero-order valence-electron chi connectivity index (χ0n) is 28.5. The molecule has 4 amide bonds. The van der Waals surface area contributed by atoms with E-state index in [1.807, 2.05) is 6.08 Å². The molecule has 2 heterocycles. The second-order valence-electron chi connectivity index (χ2n) is 13.8. The van der Waals surface area contributed by atoms with Crippen LogP contribution in [0.2, 0.25) is 5.02 Å². The molecule has 4 aromatic carbocycles. The number of fused-ring (bicyclic) bond motifs is 4. The average Bonchev–Trinajstić information content (AvgIpc) is 3.56. The summed E-state index contributed by atoms with van der Waals surface area (Å²) < 4.78 is 20.1. The van der Waals surface area contributed by atoms with E-state index < -0.39 is 69.4 Å². The highest BCUT2D eigenvalue weighted by Gasteiger charge is 2.70. The van der Waals surface area contributed by atoms with Gasteiger partial charge in [-0.05, 0) is 110 Å². The lowest BCUT2D eigenvalue weighted by Crippen LogP contribution is -2.53. The van der Waals surface area contributed by atoms with Crippen molar-refractivity contribution in [3.8, 4) is 11.5 Å². The molecule has 3 fully saturated rings. The minimum Gasteiger partial charge on any atom is -0.503 e. The maximum Gasteiger partial charge on any atom is 0.271 e. The molecule has 2 saturated heterocycles. The minimum atomic E-state index is -1.70. The summed E-state index contributed by atoms with van der Waals surface area (Å²) in [5.41, 5.74) is 2.72. The summed E-state index contributed by atoms with van der Waals surface area (Å²) in [6.07, 6.45) is 1.91. The lowest BCUT2D eigenvalue weighted by atomic mass is 9.49. The van der Waals surface area contributed by atoms with Crippen LogP contribution < -0.4 is 15.1 Å². The first kappa shape index (κ1) is 36.8. The van der Waals surface area contributed by atoms with E-state index in [4.69, 9.17) is 16.3 Å². The molecule has 0 radical (unpaired) electrons. The van der Waals surface area contributed by atoms with Gasteiger partial charge in [-0.15, -0.1) is 0 Å². The molecule has 55 heavy (non-hydrogen) atoms. The first-order valence-electron chi connectivity index (χ1n) is 17.0. The largest absolute Gasteiger partial charge is 0.503 e. The zero-order valence-corrected chi connectivity index (χ0v) is 32.5. The van der Waals surface area contributed by atoms with Crippen molar-refractivity contribution in [2.75, 3.05) is 17.4 Å². The van der Waals surface area contributed by atoms with Gasteiger partial charge in [0, 0.05) is 27.5 Å². The molecule has 4 aliphatic rings. The number of non-ortho nitro benzene ring substituents is 1. The molecule has 0 spiro atoms. The quantitative estimate of drug-likeness (QED) is 0.0817. The molecule has 4 aromatic rings. The summed E-state index contributed by atoms with van der Waals surface area (Å²) in [6, 6.07) is 18.6. The van der Waals surface area contributed by atoms with E-state index in [9.17, 15) is 34.0 Å². The van der Waals surface area contributed by atoms with Crippen molar-refractivity contribution in [3.63, 3.8) is 0 Å². The van der Waals surface area contributed by atoms with Crippen LogP contribution in [0.15, 0.2) is 99.5 Å². The van der Waals surface area contributed by atoms with Crippen LogP contribution in [0.4, 0.5) is 21.5 Å². The summed E-state index contributed by atoms with van der Waals surface area (Å²) in [5.74, 6) is -7.79. The normalized spacial score (nSPS) is 25.7. The van der Waals surface area contributed by atoms with E-state index in [1.54, 1.807) is 30.3 Å². The molecule has 1 saturated carbocycles. The molecule has 280 valence electrons. The maximum absolute atomic E-state index is 15.4. The molecule has 0 unspecified atom stereocenters. The van der Waals surface area contributed by atoms with Crippen molar-refractivity contribution in [1.82, 2.24) is 5.01 Å². The number of imide groups is 2. The van der Waals surface area contributed by atoms with E-state index in [0.29, 0.717) is 26.2 Å². The Labute approximate surface area is 334 Å². The van der Waals surface area contributed by atoms with Crippen molar-refractivity contribution in [1.29, 1.82) is 0 Å². The van der Waals surface area contributed by atoms with Crippen LogP contribution in [0, 0.1) is 39.6 Å². The number of ether oxygens (including phenoxy) is 1. The number of hydrazine groups is 1. The molecule has 2 aliphatic heterocycles. The number of carbonyl (C=O) groups is 4. The predicted octanol–water partition coefficient (Wildman–Crippen LogP) is 7.82. The highest BCUT2D eigenvalue weighted by atomic mass is 79.9. The number of nitro benzene ring substituents is 1. The summed E-state index contributed by atoms with van der Waals surface area (Å²) in [5, 5.41) is 23.9. The zero-order chi connectivity index (χ0) is 39.1. The number of hydrogen-bond donors (Lipinski definition) is 2. The highest BCUT2D eigenvalue weighted by molar-refractivity contribution is 9.13. The van der Waals surface area contributed by atoms with Gasteiger partial charge in [-0.1, -0.05) is 41.4 Å². The van der Waals surface area contributed by atoms with E-state index >= 15 is 4.79 Å². The fourth-order valence-electron chi connectivity index (χ4n) is 8.98. The lowest BCUT2D eigenvalue weighted by Gasteiger charge is -2.51. The SMILES string of the molecule is COc1cc([C@H]2C3=CC[C@@H]4C(=O)N(c5cccc([N+](=O)[O-])c5)C(=O)[C@@H]4[C@@H]3C[C@H]3C(=O)N(Nc4ccc(F)cc4)C(=O)[C@@]23c2ccc(Cl)cc2)c(Br)c(Br)c1O. The van der Waals surface area contributed by atoms with Gasteiger partial charge in [0.1, 0.15) is 5.82 Å². The number of aromatic hydroxyl groups is 1. The van der Waals surface area contributed by atoms with E-state index in [2.05, 4.69) is 37.3 Å². The Bertz CT molecular complexity index is 2380. The number of allylic oxidation sites excluding steroid dienone is 2.